The van der Waals surface area contributed by atoms with Crippen LogP contribution in [0.5, 0.6) is 11.6 Å². The van der Waals surface area contributed by atoms with Crippen molar-refractivity contribution in [3.05, 3.63) is 48.8 Å². The van der Waals surface area contributed by atoms with Crippen LogP contribution in [0.1, 0.15) is 0 Å². The fraction of sp³-hybridized carbons (Fsp3) is 0.0667. The molecule has 0 unspecified atom stereocenters. The highest BCUT2D eigenvalue weighted by molar-refractivity contribution is 5.83. The molecule has 0 bridgehead atoms. The lowest BCUT2D eigenvalue weighted by Crippen LogP contribution is -2.02. The number of anilines is 2. The molecule has 0 aliphatic carbocycles. The maximum Gasteiger partial charge on any atom is 0.248 e. The van der Waals surface area contributed by atoms with E-state index in [1.54, 1.807) is 7.05 Å². The maximum atomic E-state index is 5.94. The van der Waals surface area contributed by atoms with Gasteiger partial charge in [0.1, 0.15) is 17.8 Å². The summed E-state index contributed by atoms with van der Waals surface area (Å²) >= 11 is 0. The first kappa shape index (κ1) is 12.2. The number of benzene rings is 2. The molecular formula is C15H14N4O. The van der Waals surface area contributed by atoms with Crippen LogP contribution in [0.25, 0.3) is 10.8 Å². The van der Waals surface area contributed by atoms with Crippen molar-refractivity contribution in [2.24, 2.45) is 0 Å². The SMILES string of the molecule is CNc1ncnc(Oc2ccc3ccccc3c2)c1N. The number of hydrogen-bond acceptors (Lipinski definition) is 5. The van der Waals surface area contributed by atoms with E-state index in [1.165, 1.54) is 6.33 Å². The second-order valence-corrected chi connectivity index (χ2v) is 4.30. The lowest BCUT2D eigenvalue weighted by atomic mass is 10.1. The Kier molecular flexibility index (Phi) is 3.09. The van der Waals surface area contributed by atoms with Crippen molar-refractivity contribution < 1.29 is 4.74 Å². The first-order valence-corrected chi connectivity index (χ1v) is 6.23. The Balaban J connectivity index is 1.97. The van der Waals surface area contributed by atoms with Gasteiger partial charge in [-0.25, -0.2) is 4.98 Å². The molecule has 0 amide bonds. The van der Waals surface area contributed by atoms with E-state index in [-0.39, 0.29) is 0 Å². The number of nitrogen functional groups attached to an aromatic ring is 1. The molecule has 5 heteroatoms. The molecule has 3 aromatic rings. The van der Waals surface area contributed by atoms with Gasteiger partial charge < -0.3 is 15.8 Å². The smallest absolute Gasteiger partial charge is 0.248 e. The van der Waals surface area contributed by atoms with Gasteiger partial charge in [0.2, 0.25) is 5.88 Å². The number of nitrogens with two attached hydrogens (primary N) is 1. The minimum absolute atomic E-state index is 0.347. The van der Waals surface area contributed by atoms with Gasteiger partial charge in [-0.2, -0.15) is 4.98 Å². The molecule has 0 aliphatic heterocycles. The second kappa shape index (κ2) is 5.05. The molecule has 2 aromatic carbocycles. The summed E-state index contributed by atoms with van der Waals surface area (Å²) in [5.41, 5.74) is 6.33. The van der Waals surface area contributed by atoms with E-state index in [0.29, 0.717) is 23.1 Å². The summed E-state index contributed by atoms with van der Waals surface area (Å²) in [6.45, 7) is 0. The lowest BCUT2D eigenvalue weighted by molar-refractivity contribution is 0.465. The van der Waals surface area contributed by atoms with E-state index in [4.69, 9.17) is 10.5 Å². The van der Waals surface area contributed by atoms with E-state index in [0.717, 1.165) is 10.8 Å². The fourth-order valence-electron chi connectivity index (χ4n) is 2.00. The maximum absolute atomic E-state index is 5.94. The van der Waals surface area contributed by atoms with Crippen LogP contribution < -0.4 is 15.8 Å². The average Bonchev–Trinajstić information content (AvgIpc) is 2.49. The molecule has 0 atom stereocenters. The van der Waals surface area contributed by atoms with Crippen molar-refractivity contribution in [3.63, 3.8) is 0 Å². The Morgan fingerprint density at radius 2 is 1.85 bits per heavy atom. The highest BCUT2D eigenvalue weighted by Crippen LogP contribution is 2.30. The monoisotopic (exact) mass is 266 g/mol. The molecule has 0 radical (unpaired) electrons. The molecule has 100 valence electrons. The van der Waals surface area contributed by atoms with Crippen molar-refractivity contribution in [1.29, 1.82) is 0 Å². The van der Waals surface area contributed by atoms with Gasteiger partial charge in [-0.15, -0.1) is 0 Å². The molecule has 0 fully saturated rings. The first-order chi connectivity index (χ1) is 9.78. The molecule has 3 N–H and O–H groups in total. The quantitative estimate of drug-likeness (QED) is 0.762. The second-order valence-electron chi connectivity index (χ2n) is 4.30. The first-order valence-electron chi connectivity index (χ1n) is 6.23. The zero-order chi connectivity index (χ0) is 13.9. The van der Waals surface area contributed by atoms with Gasteiger partial charge >= 0.3 is 0 Å². The fourth-order valence-corrected chi connectivity index (χ4v) is 2.00. The topological polar surface area (TPSA) is 73.1 Å². The summed E-state index contributed by atoms with van der Waals surface area (Å²) in [7, 11) is 1.75. The van der Waals surface area contributed by atoms with Gasteiger partial charge in [0.05, 0.1) is 0 Å². The Hall–Kier alpha value is -2.82. The number of hydrogen-bond donors (Lipinski definition) is 2. The summed E-state index contributed by atoms with van der Waals surface area (Å²) in [4.78, 5) is 8.09. The Morgan fingerprint density at radius 1 is 1.05 bits per heavy atom. The van der Waals surface area contributed by atoms with E-state index in [9.17, 15) is 0 Å². The molecular weight excluding hydrogens is 252 g/mol. The van der Waals surface area contributed by atoms with Gasteiger partial charge in [-0.05, 0) is 22.9 Å². The van der Waals surface area contributed by atoms with Crippen LogP contribution in [-0.4, -0.2) is 17.0 Å². The number of ether oxygens (including phenoxy) is 1. The lowest BCUT2D eigenvalue weighted by Gasteiger charge is -2.10. The number of rotatable bonds is 3. The summed E-state index contributed by atoms with van der Waals surface area (Å²) in [5, 5.41) is 5.16. The Bertz CT molecular complexity index is 758. The predicted molar refractivity (Wildman–Crippen MR) is 80.0 cm³/mol. The molecule has 0 saturated carbocycles. The minimum atomic E-state index is 0.347. The molecule has 1 heterocycles. The highest BCUT2D eigenvalue weighted by Gasteiger charge is 2.09. The van der Waals surface area contributed by atoms with Crippen molar-refractivity contribution in [3.8, 4) is 11.6 Å². The predicted octanol–water partition coefficient (Wildman–Crippen LogP) is 3.05. The number of nitrogens with zero attached hydrogens (tertiary/aromatic N) is 2. The van der Waals surface area contributed by atoms with Crippen LogP contribution in [0.3, 0.4) is 0 Å². The third kappa shape index (κ3) is 2.21. The van der Waals surface area contributed by atoms with Crippen LogP contribution in [0.2, 0.25) is 0 Å². The van der Waals surface area contributed by atoms with E-state index in [2.05, 4.69) is 21.4 Å². The molecule has 1 aromatic heterocycles. The van der Waals surface area contributed by atoms with Gasteiger partial charge in [0.25, 0.3) is 0 Å². The van der Waals surface area contributed by atoms with Crippen LogP contribution in [0.15, 0.2) is 48.8 Å². The largest absolute Gasteiger partial charge is 0.437 e. The van der Waals surface area contributed by atoms with Gasteiger partial charge in [-0.3, -0.25) is 0 Å². The van der Waals surface area contributed by atoms with Crippen molar-refractivity contribution in [2.75, 3.05) is 18.1 Å². The van der Waals surface area contributed by atoms with E-state index in [1.807, 2.05) is 36.4 Å². The summed E-state index contributed by atoms with van der Waals surface area (Å²) < 4.78 is 5.74. The van der Waals surface area contributed by atoms with Gasteiger partial charge in [0, 0.05) is 7.05 Å². The summed E-state index contributed by atoms with van der Waals surface area (Å²) in [5.74, 6) is 1.59. The van der Waals surface area contributed by atoms with Crippen molar-refractivity contribution in [1.82, 2.24) is 9.97 Å². The average molecular weight is 266 g/mol. The Morgan fingerprint density at radius 3 is 2.65 bits per heavy atom. The van der Waals surface area contributed by atoms with E-state index >= 15 is 0 Å². The zero-order valence-corrected chi connectivity index (χ0v) is 11.0. The highest BCUT2D eigenvalue weighted by atomic mass is 16.5. The minimum Gasteiger partial charge on any atom is -0.437 e. The molecule has 20 heavy (non-hydrogen) atoms. The molecule has 0 saturated heterocycles. The molecule has 3 rings (SSSR count). The number of fused-ring (bicyclic) bond motifs is 1. The van der Waals surface area contributed by atoms with Crippen LogP contribution in [0, 0.1) is 0 Å². The normalized spacial score (nSPS) is 10.4. The summed E-state index contributed by atoms with van der Waals surface area (Å²) in [6.07, 6.45) is 1.42. The number of nitrogens with one attached hydrogen (secondary N) is 1. The molecule has 0 aliphatic rings. The van der Waals surface area contributed by atoms with E-state index < -0.39 is 0 Å². The van der Waals surface area contributed by atoms with Crippen LogP contribution in [0.4, 0.5) is 11.5 Å². The number of aromatic nitrogens is 2. The van der Waals surface area contributed by atoms with Gasteiger partial charge in [-0.1, -0.05) is 30.3 Å². The zero-order valence-electron chi connectivity index (χ0n) is 11.0. The van der Waals surface area contributed by atoms with Crippen molar-refractivity contribution >= 4 is 22.3 Å². The standard InChI is InChI=1S/C15H14N4O/c1-17-14-13(16)15(19-9-18-14)20-12-7-6-10-4-2-3-5-11(10)8-12/h2-9H,16H2,1H3,(H,17,18,19). The molecule has 5 nitrogen and oxygen atoms in total. The summed E-state index contributed by atoms with van der Waals surface area (Å²) in [6, 6.07) is 13.9. The van der Waals surface area contributed by atoms with Crippen molar-refractivity contribution in [2.45, 2.75) is 0 Å². The van der Waals surface area contributed by atoms with Gasteiger partial charge in [0.15, 0.2) is 5.82 Å². The third-order valence-electron chi connectivity index (χ3n) is 3.02. The van der Waals surface area contributed by atoms with Crippen LogP contribution >= 0.6 is 0 Å². The Labute approximate surface area is 116 Å². The molecule has 0 spiro atoms. The third-order valence-corrected chi connectivity index (χ3v) is 3.02. The van der Waals surface area contributed by atoms with Crippen LogP contribution in [-0.2, 0) is 0 Å².